The Kier molecular flexibility index (Phi) is 4.41. The van der Waals surface area contributed by atoms with Crippen molar-refractivity contribution in [2.24, 2.45) is 7.05 Å². The van der Waals surface area contributed by atoms with Gasteiger partial charge in [-0.3, -0.25) is 9.48 Å². The number of halogens is 2. The van der Waals surface area contributed by atoms with Gasteiger partial charge in [0, 0.05) is 19.8 Å². The maximum Gasteiger partial charge on any atom is 0.260 e. The van der Waals surface area contributed by atoms with E-state index in [1.54, 1.807) is 9.58 Å². The van der Waals surface area contributed by atoms with Crippen LogP contribution in [0.4, 0.5) is 8.78 Å². The van der Waals surface area contributed by atoms with Crippen molar-refractivity contribution in [2.75, 3.05) is 6.54 Å². The molecule has 1 saturated heterocycles. The van der Waals surface area contributed by atoms with Crippen molar-refractivity contribution in [1.82, 2.24) is 14.7 Å². The van der Waals surface area contributed by atoms with Crippen molar-refractivity contribution in [3.63, 3.8) is 0 Å². The van der Waals surface area contributed by atoms with Crippen LogP contribution in [0.5, 0.6) is 0 Å². The fourth-order valence-electron chi connectivity index (χ4n) is 3.12. The Hall–Kier alpha value is -2.24. The molecule has 6 heteroatoms. The third-order valence-corrected chi connectivity index (χ3v) is 4.27. The van der Waals surface area contributed by atoms with E-state index in [0.29, 0.717) is 6.54 Å². The second-order valence-electron chi connectivity index (χ2n) is 5.87. The largest absolute Gasteiger partial charge is 0.330 e. The predicted molar refractivity (Wildman–Crippen MR) is 81.8 cm³/mol. The molecule has 0 radical (unpaired) electrons. The Bertz CT molecular complexity index is 693. The lowest BCUT2D eigenvalue weighted by atomic mass is 10.1. The minimum absolute atomic E-state index is 0.245. The Balaban J connectivity index is 1.98. The standard InChI is InChI=1S/C17H19F2N3O/c1-21-11-9-14(20-21)15-8-3-2-4-10-22(15)17(23)16-12(18)6-5-7-13(16)19/h5-7,9,11,15H,2-4,8,10H2,1H3. The van der Waals surface area contributed by atoms with Gasteiger partial charge in [-0.1, -0.05) is 18.9 Å². The van der Waals surface area contributed by atoms with Gasteiger partial charge in [-0.15, -0.1) is 0 Å². The first kappa shape index (κ1) is 15.6. The van der Waals surface area contributed by atoms with Crippen molar-refractivity contribution in [1.29, 1.82) is 0 Å². The molecular weight excluding hydrogens is 300 g/mol. The summed E-state index contributed by atoms with van der Waals surface area (Å²) in [6.07, 6.45) is 5.34. The van der Waals surface area contributed by atoms with Gasteiger partial charge >= 0.3 is 0 Å². The van der Waals surface area contributed by atoms with Crippen molar-refractivity contribution >= 4 is 5.91 Å². The molecular formula is C17H19F2N3O. The molecule has 4 nitrogen and oxygen atoms in total. The van der Waals surface area contributed by atoms with Crippen LogP contribution >= 0.6 is 0 Å². The topological polar surface area (TPSA) is 38.1 Å². The van der Waals surface area contributed by atoms with Crippen LogP contribution in [0.25, 0.3) is 0 Å². The molecule has 2 heterocycles. The van der Waals surface area contributed by atoms with Gasteiger partial charge in [0.1, 0.15) is 17.2 Å². The third-order valence-electron chi connectivity index (χ3n) is 4.27. The number of hydrogen-bond acceptors (Lipinski definition) is 2. The van der Waals surface area contributed by atoms with E-state index >= 15 is 0 Å². The molecule has 3 rings (SSSR count). The van der Waals surface area contributed by atoms with Gasteiger partial charge < -0.3 is 4.90 Å². The monoisotopic (exact) mass is 319 g/mol. The number of hydrogen-bond donors (Lipinski definition) is 0. The molecule has 1 aromatic carbocycles. The summed E-state index contributed by atoms with van der Waals surface area (Å²) in [4.78, 5) is 14.4. The Morgan fingerprint density at radius 1 is 1.17 bits per heavy atom. The molecule has 1 unspecified atom stereocenters. The van der Waals surface area contributed by atoms with Crippen molar-refractivity contribution in [3.8, 4) is 0 Å². The maximum atomic E-state index is 14.0. The molecule has 1 amide bonds. The highest BCUT2D eigenvalue weighted by molar-refractivity contribution is 5.95. The quantitative estimate of drug-likeness (QED) is 0.850. The molecule has 0 N–H and O–H groups in total. The molecule has 0 saturated carbocycles. The van der Waals surface area contributed by atoms with Crippen molar-refractivity contribution in [2.45, 2.75) is 31.7 Å². The average Bonchev–Trinajstić information content (AvgIpc) is 2.80. The van der Waals surface area contributed by atoms with Gasteiger partial charge in [-0.25, -0.2) is 8.78 Å². The minimum atomic E-state index is -0.820. The molecule has 2 aromatic rings. The molecule has 23 heavy (non-hydrogen) atoms. The molecule has 1 aliphatic heterocycles. The van der Waals surface area contributed by atoms with Crippen LogP contribution < -0.4 is 0 Å². The summed E-state index contributed by atoms with van der Waals surface area (Å²) in [5.41, 5.74) is 0.287. The molecule has 1 aliphatic rings. The Labute approximate surface area is 133 Å². The number of likely N-dealkylation sites (tertiary alicyclic amines) is 1. The Morgan fingerprint density at radius 2 is 1.91 bits per heavy atom. The zero-order valence-corrected chi connectivity index (χ0v) is 13.0. The number of rotatable bonds is 2. The smallest absolute Gasteiger partial charge is 0.260 e. The predicted octanol–water partition coefficient (Wildman–Crippen LogP) is 3.46. The number of nitrogens with zero attached hydrogens (tertiary/aromatic N) is 3. The molecule has 0 spiro atoms. The van der Waals surface area contributed by atoms with Crippen LogP contribution in [0.2, 0.25) is 0 Å². The zero-order valence-electron chi connectivity index (χ0n) is 13.0. The molecule has 0 aliphatic carbocycles. The van der Waals surface area contributed by atoms with Crippen LogP contribution in [-0.2, 0) is 7.05 Å². The number of aromatic nitrogens is 2. The second kappa shape index (κ2) is 6.48. The van der Waals surface area contributed by atoms with E-state index in [-0.39, 0.29) is 6.04 Å². The van der Waals surface area contributed by atoms with Gasteiger partial charge in [0.25, 0.3) is 5.91 Å². The minimum Gasteiger partial charge on any atom is -0.330 e. The van der Waals surface area contributed by atoms with Gasteiger partial charge in [-0.2, -0.15) is 5.10 Å². The van der Waals surface area contributed by atoms with E-state index in [4.69, 9.17) is 0 Å². The number of aryl methyl sites for hydroxylation is 1. The van der Waals surface area contributed by atoms with E-state index in [9.17, 15) is 13.6 Å². The summed E-state index contributed by atoms with van der Waals surface area (Å²) in [5, 5.41) is 4.38. The number of carbonyl (C=O) groups excluding carboxylic acids is 1. The van der Waals surface area contributed by atoms with E-state index < -0.39 is 23.1 Å². The van der Waals surface area contributed by atoms with Crippen LogP contribution in [0.1, 0.15) is 47.8 Å². The highest BCUT2D eigenvalue weighted by Gasteiger charge is 2.31. The second-order valence-corrected chi connectivity index (χ2v) is 5.87. The van der Waals surface area contributed by atoms with E-state index in [1.807, 2.05) is 19.3 Å². The fraction of sp³-hybridized carbons (Fsp3) is 0.412. The summed E-state index contributed by atoms with van der Waals surface area (Å²) >= 11 is 0. The zero-order chi connectivity index (χ0) is 16.4. The summed E-state index contributed by atoms with van der Waals surface area (Å²) < 4.78 is 29.6. The Morgan fingerprint density at radius 3 is 2.57 bits per heavy atom. The van der Waals surface area contributed by atoms with Crippen LogP contribution in [0.3, 0.4) is 0 Å². The number of carbonyl (C=O) groups is 1. The summed E-state index contributed by atoms with van der Waals surface area (Å²) in [5.74, 6) is -2.24. The fourth-order valence-corrected chi connectivity index (χ4v) is 3.12. The number of amides is 1. The first-order valence-electron chi connectivity index (χ1n) is 7.82. The van der Waals surface area contributed by atoms with Gasteiger partial charge in [0.05, 0.1) is 11.7 Å². The molecule has 1 atom stereocenters. The van der Waals surface area contributed by atoms with Crippen molar-refractivity contribution < 1.29 is 13.6 Å². The van der Waals surface area contributed by atoms with E-state index in [2.05, 4.69) is 5.10 Å². The lowest BCUT2D eigenvalue weighted by molar-refractivity contribution is 0.0666. The molecule has 1 aromatic heterocycles. The molecule has 122 valence electrons. The lowest BCUT2D eigenvalue weighted by Gasteiger charge is -2.29. The van der Waals surface area contributed by atoms with Gasteiger partial charge in [-0.05, 0) is 31.0 Å². The van der Waals surface area contributed by atoms with Crippen LogP contribution in [0, 0.1) is 11.6 Å². The van der Waals surface area contributed by atoms with Crippen LogP contribution in [0.15, 0.2) is 30.5 Å². The SMILES string of the molecule is Cn1ccc(C2CCCCCN2C(=O)c2c(F)cccc2F)n1. The highest BCUT2D eigenvalue weighted by Crippen LogP contribution is 2.31. The maximum absolute atomic E-state index is 14.0. The first-order valence-corrected chi connectivity index (χ1v) is 7.82. The summed E-state index contributed by atoms with van der Waals surface area (Å²) in [6.45, 7) is 0.480. The van der Waals surface area contributed by atoms with E-state index in [0.717, 1.165) is 43.5 Å². The van der Waals surface area contributed by atoms with Crippen LogP contribution in [-0.4, -0.2) is 27.1 Å². The van der Waals surface area contributed by atoms with Gasteiger partial charge in [0.2, 0.25) is 0 Å². The molecule has 1 fully saturated rings. The van der Waals surface area contributed by atoms with E-state index in [1.165, 1.54) is 6.07 Å². The summed E-state index contributed by atoms with van der Waals surface area (Å²) in [7, 11) is 1.81. The lowest BCUT2D eigenvalue weighted by Crippen LogP contribution is -2.36. The normalized spacial score (nSPS) is 18.7. The summed E-state index contributed by atoms with van der Waals surface area (Å²) in [6, 6.07) is 5.10. The average molecular weight is 319 g/mol. The highest BCUT2D eigenvalue weighted by atomic mass is 19.1. The first-order chi connectivity index (χ1) is 11.1. The van der Waals surface area contributed by atoms with Gasteiger partial charge in [0.15, 0.2) is 0 Å². The number of benzene rings is 1. The molecule has 0 bridgehead atoms. The van der Waals surface area contributed by atoms with Crippen molar-refractivity contribution in [3.05, 3.63) is 53.4 Å². The third kappa shape index (κ3) is 3.11.